The van der Waals surface area contributed by atoms with Gasteiger partial charge in [-0.2, -0.15) is 0 Å². The highest BCUT2D eigenvalue weighted by Crippen LogP contribution is 2.56. The molecular formula is C20H32O10. The Hall–Kier alpha value is -0.850. The summed E-state index contributed by atoms with van der Waals surface area (Å²) >= 11 is 0. The van der Waals surface area contributed by atoms with E-state index in [-0.39, 0.29) is 54.7 Å². The van der Waals surface area contributed by atoms with Crippen LogP contribution in [0.4, 0.5) is 0 Å². The van der Waals surface area contributed by atoms with Gasteiger partial charge in [-0.15, -0.1) is 0 Å². The van der Waals surface area contributed by atoms with Crippen LogP contribution in [0.5, 0.6) is 0 Å². The summed E-state index contributed by atoms with van der Waals surface area (Å²) in [4.78, 5) is 12.5. The number of carbonyl (C=O) groups is 1. The van der Waals surface area contributed by atoms with Crippen LogP contribution in [-0.4, -0.2) is 99.3 Å². The summed E-state index contributed by atoms with van der Waals surface area (Å²) in [5.41, 5.74) is 0. The van der Waals surface area contributed by atoms with Crippen molar-refractivity contribution in [3.8, 4) is 0 Å². The predicted molar refractivity (Wildman–Crippen MR) is 98.5 cm³/mol. The number of fused-ring (bicyclic) bond motifs is 4. The quantitative estimate of drug-likeness (QED) is 0.249. The molecule has 0 radical (unpaired) electrons. The van der Waals surface area contributed by atoms with E-state index in [0.717, 1.165) is 0 Å². The fourth-order valence-electron chi connectivity index (χ4n) is 6.14. The number of rotatable bonds is 6. The van der Waals surface area contributed by atoms with E-state index in [4.69, 9.17) is 14.2 Å². The maximum atomic E-state index is 12.5. The highest BCUT2D eigenvalue weighted by atomic mass is 16.7. The standard InChI is InChI=1S/C20H32O10/c1-7(4-21)11-13-9-3-2-8(12(9)15(24)18(11)30-19(13)27)6-28-20-17(26)16(25)14(23)10(5-22)29-20/h7-18,20-26H,2-6H2,1H3/t7?,8-,9?,10?,11-,12?,13?,14?,15-,16?,17?,18?,20?/m0/s1. The number of hydrogen-bond donors (Lipinski definition) is 6. The predicted octanol–water partition coefficient (Wildman–Crippen LogP) is -2.39. The van der Waals surface area contributed by atoms with Crippen LogP contribution in [0.2, 0.25) is 0 Å². The summed E-state index contributed by atoms with van der Waals surface area (Å²) < 4.78 is 16.6. The second-order valence-electron chi connectivity index (χ2n) is 9.26. The molecule has 0 aromatic heterocycles. The summed E-state index contributed by atoms with van der Waals surface area (Å²) in [6, 6.07) is 0. The van der Waals surface area contributed by atoms with E-state index in [9.17, 15) is 35.4 Å². The SMILES string of the molecule is CC(CO)[C@H]1C2C(=O)OC1[C@@H](O)C1C2CC[C@H]1COC1OC(CO)C(O)C(O)C1O. The van der Waals surface area contributed by atoms with Gasteiger partial charge in [-0.1, -0.05) is 6.92 Å². The first-order valence-corrected chi connectivity index (χ1v) is 10.7. The van der Waals surface area contributed by atoms with Gasteiger partial charge in [-0.25, -0.2) is 0 Å². The maximum Gasteiger partial charge on any atom is 0.310 e. The molecule has 0 spiro atoms. The first-order chi connectivity index (χ1) is 14.3. The van der Waals surface area contributed by atoms with Gasteiger partial charge >= 0.3 is 5.97 Å². The Balaban J connectivity index is 1.44. The minimum absolute atomic E-state index is 0.0753. The molecule has 10 heteroatoms. The summed E-state index contributed by atoms with van der Waals surface area (Å²) in [7, 11) is 0. The number of esters is 1. The van der Waals surface area contributed by atoms with Crippen LogP contribution in [0.1, 0.15) is 19.8 Å². The molecule has 2 aliphatic heterocycles. The second-order valence-corrected chi connectivity index (χ2v) is 9.26. The summed E-state index contributed by atoms with van der Waals surface area (Å²) in [5.74, 6) is -1.46. The highest BCUT2D eigenvalue weighted by molar-refractivity contribution is 5.76. The van der Waals surface area contributed by atoms with Crippen molar-refractivity contribution in [2.24, 2.45) is 35.5 Å². The van der Waals surface area contributed by atoms with Crippen molar-refractivity contribution < 1.29 is 49.6 Å². The van der Waals surface area contributed by atoms with Crippen LogP contribution in [-0.2, 0) is 19.0 Å². The highest BCUT2D eigenvalue weighted by Gasteiger charge is 2.63. The molecule has 0 amide bonds. The molecule has 4 aliphatic rings. The topological polar surface area (TPSA) is 166 Å². The molecule has 2 saturated heterocycles. The van der Waals surface area contributed by atoms with Crippen molar-refractivity contribution in [1.82, 2.24) is 0 Å². The monoisotopic (exact) mass is 432 g/mol. The van der Waals surface area contributed by atoms with Crippen molar-refractivity contribution in [3.05, 3.63) is 0 Å². The van der Waals surface area contributed by atoms with Gasteiger partial charge in [0.15, 0.2) is 6.29 Å². The Morgan fingerprint density at radius 2 is 1.80 bits per heavy atom. The molecule has 0 aromatic carbocycles. The maximum absolute atomic E-state index is 12.5. The van der Waals surface area contributed by atoms with E-state index in [2.05, 4.69) is 0 Å². The number of carbonyl (C=O) groups excluding carboxylic acids is 1. The average molecular weight is 432 g/mol. The lowest BCUT2D eigenvalue weighted by Gasteiger charge is -2.43. The van der Waals surface area contributed by atoms with Crippen molar-refractivity contribution in [1.29, 1.82) is 0 Å². The molecule has 10 nitrogen and oxygen atoms in total. The fourth-order valence-corrected chi connectivity index (χ4v) is 6.14. The Bertz CT molecular complexity index is 629. The summed E-state index contributed by atoms with van der Waals surface area (Å²) in [6.45, 7) is 1.36. The van der Waals surface area contributed by atoms with Crippen molar-refractivity contribution >= 4 is 5.97 Å². The molecule has 13 atom stereocenters. The molecule has 2 heterocycles. The lowest BCUT2D eigenvalue weighted by atomic mass is 9.62. The molecule has 6 N–H and O–H groups in total. The minimum atomic E-state index is -1.51. The van der Waals surface area contributed by atoms with E-state index in [1.165, 1.54) is 0 Å². The van der Waals surface area contributed by atoms with Crippen molar-refractivity contribution in [3.63, 3.8) is 0 Å². The van der Waals surface area contributed by atoms with Gasteiger partial charge in [-0.3, -0.25) is 4.79 Å². The Kier molecular flexibility index (Phi) is 6.40. The van der Waals surface area contributed by atoms with Gasteiger partial charge in [-0.05, 0) is 36.5 Å². The number of aliphatic hydroxyl groups excluding tert-OH is 6. The van der Waals surface area contributed by atoms with Crippen LogP contribution in [0.3, 0.4) is 0 Å². The first kappa shape index (κ1) is 22.3. The number of hydrogen-bond acceptors (Lipinski definition) is 10. The third kappa shape index (κ3) is 3.47. The van der Waals surface area contributed by atoms with Crippen LogP contribution >= 0.6 is 0 Å². The molecule has 172 valence electrons. The van der Waals surface area contributed by atoms with Gasteiger partial charge in [0, 0.05) is 12.5 Å². The molecular weight excluding hydrogens is 400 g/mol. The lowest BCUT2D eigenvalue weighted by molar-refractivity contribution is -0.304. The zero-order valence-corrected chi connectivity index (χ0v) is 16.9. The molecule has 0 aromatic rings. The average Bonchev–Trinajstić information content (AvgIpc) is 3.28. The molecule has 2 aliphatic carbocycles. The van der Waals surface area contributed by atoms with E-state index in [0.29, 0.717) is 12.8 Å². The zero-order valence-electron chi connectivity index (χ0n) is 16.9. The van der Waals surface area contributed by atoms with Crippen molar-refractivity contribution in [2.75, 3.05) is 19.8 Å². The van der Waals surface area contributed by atoms with Crippen LogP contribution in [0, 0.1) is 35.5 Å². The fraction of sp³-hybridized carbons (Fsp3) is 0.950. The molecule has 4 fully saturated rings. The van der Waals surface area contributed by atoms with Gasteiger partial charge < -0.3 is 44.8 Å². The Morgan fingerprint density at radius 1 is 1.07 bits per heavy atom. The molecule has 10 unspecified atom stereocenters. The second kappa shape index (κ2) is 8.59. The third-order valence-electron chi connectivity index (χ3n) is 7.69. The van der Waals surface area contributed by atoms with Gasteiger partial charge in [0.1, 0.15) is 30.5 Å². The Morgan fingerprint density at radius 3 is 2.47 bits per heavy atom. The minimum Gasteiger partial charge on any atom is -0.459 e. The van der Waals surface area contributed by atoms with E-state index >= 15 is 0 Å². The molecule has 2 saturated carbocycles. The van der Waals surface area contributed by atoms with Crippen LogP contribution in [0.15, 0.2) is 0 Å². The molecule has 2 bridgehead atoms. The Labute approximate surface area is 174 Å². The van der Waals surface area contributed by atoms with Gasteiger partial charge in [0.2, 0.25) is 0 Å². The molecule has 30 heavy (non-hydrogen) atoms. The van der Waals surface area contributed by atoms with Gasteiger partial charge in [0.25, 0.3) is 0 Å². The van der Waals surface area contributed by atoms with E-state index in [1.807, 2.05) is 6.92 Å². The van der Waals surface area contributed by atoms with Crippen LogP contribution in [0.25, 0.3) is 0 Å². The lowest BCUT2D eigenvalue weighted by Crippen LogP contribution is -2.59. The number of aliphatic hydroxyl groups is 6. The normalized spacial score (nSPS) is 51.5. The van der Waals surface area contributed by atoms with Crippen molar-refractivity contribution in [2.45, 2.75) is 62.7 Å². The van der Waals surface area contributed by atoms with E-state index in [1.54, 1.807) is 0 Å². The first-order valence-electron chi connectivity index (χ1n) is 10.7. The third-order valence-corrected chi connectivity index (χ3v) is 7.69. The molecule has 4 rings (SSSR count). The summed E-state index contributed by atoms with van der Waals surface area (Å²) in [5, 5.41) is 59.8. The summed E-state index contributed by atoms with van der Waals surface area (Å²) in [6.07, 6.45) is -6.82. The van der Waals surface area contributed by atoms with Crippen LogP contribution < -0.4 is 0 Å². The van der Waals surface area contributed by atoms with Gasteiger partial charge in [0.05, 0.1) is 25.2 Å². The zero-order chi connectivity index (χ0) is 21.7. The number of ether oxygens (including phenoxy) is 3. The van der Waals surface area contributed by atoms with E-state index < -0.39 is 49.5 Å². The smallest absolute Gasteiger partial charge is 0.310 e. The largest absolute Gasteiger partial charge is 0.459 e.